The summed E-state index contributed by atoms with van der Waals surface area (Å²) in [6.07, 6.45) is 4.08. The fraction of sp³-hybridized carbons (Fsp3) is 0.750. The van der Waals surface area contributed by atoms with Crippen LogP contribution in [0.1, 0.15) is 36.9 Å². The van der Waals surface area contributed by atoms with Crippen LogP contribution in [0.5, 0.6) is 0 Å². The van der Waals surface area contributed by atoms with E-state index < -0.39 is 0 Å². The van der Waals surface area contributed by atoms with E-state index in [1.165, 1.54) is 6.42 Å². The van der Waals surface area contributed by atoms with E-state index in [9.17, 15) is 9.59 Å². The summed E-state index contributed by atoms with van der Waals surface area (Å²) in [6.45, 7) is 6.30. The molecule has 1 amide bonds. The highest BCUT2D eigenvalue weighted by atomic mass is 16.5. The van der Waals surface area contributed by atoms with E-state index in [4.69, 9.17) is 4.74 Å². The minimum absolute atomic E-state index is 0.134. The number of nitrogens with zero attached hydrogens (tertiary/aromatic N) is 4. The molecule has 1 aromatic heterocycles. The van der Waals surface area contributed by atoms with Gasteiger partial charge < -0.3 is 19.4 Å². The van der Waals surface area contributed by atoms with Crippen molar-refractivity contribution in [3.8, 4) is 0 Å². The van der Waals surface area contributed by atoms with Crippen LogP contribution >= 0.6 is 0 Å². The van der Waals surface area contributed by atoms with Crippen LogP contribution in [0.4, 0.5) is 5.95 Å². The van der Waals surface area contributed by atoms with Gasteiger partial charge in [0, 0.05) is 49.9 Å². The summed E-state index contributed by atoms with van der Waals surface area (Å²) < 4.78 is 5.35. The van der Waals surface area contributed by atoms with Gasteiger partial charge in [-0.1, -0.05) is 0 Å². The molecule has 3 heterocycles. The van der Waals surface area contributed by atoms with Crippen LogP contribution in [0.25, 0.3) is 0 Å². The lowest BCUT2D eigenvalue weighted by atomic mass is 10.0. The van der Waals surface area contributed by atoms with Crippen molar-refractivity contribution in [3.63, 3.8) is 0 Å². The first-order valence-corrected chi connectivity index (χ1v) is 10.3. The Hall–Kier alpha value is -1.93. The van der Waals surface area contributed by atoms with Crippen molar-refractivity contribution in [1.29, 1.82) is 0 Å². The van der Waals surface area contributed by atoms with Crippen molar-refractivity contribution in [2.24, 2.45) is 0 Å². The van der Waals surface area contributed by atoms with E-state index in [2.05, 4.69) is 14.9 Å². The van der Waals surface area contributed by atoms with Crippen molar-refractivity contribution < 1.29 is 9.53 Å². The second-order valence-electron chi connectivity index (χ2n) is 8.05. The van der Waals surface area contributed by atoms with Crippen LogP contribution in [0, 0.1) is 6.92 Å². The Bertz CT molecular complexity index is 727. The number of carbonyl (C=O) groups excluding carboxylic acids is 1. The molecule has 156 valence electrons. The minimum atomic E-state index is -0.134. The summed E-state index contributed by atoms with van der Waals surface area (Å²) in [7, 11) is 4.09. The first-order valence-electron chi connectivity index (χ1n) is 10.3. The zero-order valence-electron chi connectivity index (χ0n) is 17.4. The number of ether oxygens (including phenoxy) is 1. The number of rotatable bonds is 6. The SMILES string of the molecule is Cc1nc(N2CCOCC2)[nH]c(=O)c1CCC(=O)N1CCCCC1CN(C)C. The van der Waals surface area contributed by atoms with Crippen molar-refractivity contribution in [2.75, 3.05) is 58.4 Å². The number of anilines is 1. The molecular formula is C20H33N5O3. The Kier molecular flexibility index (Phi) is 7.07. The van der Waals surface area contributed by atoms with Crippen LogP contribution < -0.4 is 10.5 Å². The molecule has 2 saturated heterocycles. The third-order valence-corrected chi connectivity index (χ3v) is 5.63. The molecule has 1 atom stereocenters. The summed E-state index contributed by atoms with van der Waals surface area (Å²) in [6, 6.07) is 0.275. The number of piperidine rings is 1. The molecule has 28 heavy (non-hydrogen) atoms. The predicted octanol–water partition coefficient (Wildman–Crippen LogP) is 0.790. The van der Waals surface area contributed by atoms with Gasteiger partial charge in [-0.3, -0.25) is 14.6 Å². The zero-order chi connectivity index (χ0) is 20.1. The smallest absolute Gasteiger partial charge is 0.255 e. The second-order valence-corrected chi connectivity index (χ2v) is 8.05. The molecule has 0 spiro atoms. The fourth-order valence-electron chi connectivity index (χ4n) is 4.13. The van der Waals surface area contributed by atoms with Gasteiger partial charge in [0.05, 0.1) is 13.2 Å². The molecule has 0 saturated carbocycles. The molecule has 2 aliphatic rings. The van der Waals surface area contributed by atoms with Gasteiger partial charge in [0.2, 0.25) is 11.9 Å². The molecule has 0 bridgehead atoms. The van der Waals surface area contributed by atoms with Gasteiger partial charge in [0.15, 0.2) is 0 Å². The summed E-state index contributed by atoms with van der Waals surface area (Å²) >= 11 is 0. The van der Waals surface area contributed by atoms with Crippen LogP contribution in [0.15, 0.2) is 4.79 Å². The van der Waals surface area contributed by atoms with E-state index in [0.29, 0.717) is 43.3 Å². The quantitative estimate of drug-likeness (QED) is 0.772. The van der Waals surface area contributed by atoms with Crippen molar-refractivity contribution in [3.05, 3.63) is 21.6 Å². The largest absolute Gasteiger partial charge is 0.378 e. The molecular weight excluding hydrogens is 358 g/mol. The number of carbonyl (C=O) groups is 1. The maximum absolute atomic E-state index is 12.9. The van der Waals surface area contributed by atoms with Gasteiger partial charge in [-0.15, -0.1) is 0 Å². The molecule has 1 N–H and O–H groups in total. The molecule has 2 fully saturated rings. The maximum Gasteiger partial charge on any atom is 0.255 e. The van der Waals surface area contributed by atoms with E-state index in [-0.39, 0.29) is 17.5 Å². The number of hydrogen-bond acceptors (Lipinski definition) is 6. The molecule has 2 aliphatic heterocycles. The molecule has 8 heteroatoms. The molecule has 0 radical (unpaired) electrons. The van der Waals surface area contributed by atoms with Crippen LogP contribution in [-0.2, 0) is 16.0 Å². The molecule has 8 nitrogen and oxygen atoms in total. The van der Waals surface area contributed by atoms with Crippen molar-refractivity contribution in [1.82, 2.24) is 19.8 Å². The van der Waals surface area contributed by atoms with Gasteiger partial charge in [-0.05, 0) is 46.7 Å². The summed E-state index contributed by atoms with van der Waals surface area (Å²) in [4.78, 5) is 39.1. The number of aromatic nitrogens is 2. The lowest BCUT2D eigenvalue weighted by Crippen LogP contribution is -2.48. The van der Waals surface area contributed by atoms with Crippen LogP contribution in [0.2, 0.25) is 0 Å². The summed E-state index contributed by atoms with van der Waals surface area (Å²) in [5.74, 6) is 0.741. The van der Waals surface area contributed by atoms with Gasteiger partial charge in [0.1, 0.15) is 0 Å². The highest BCUT2D eigenvalue weighted by Crippen LogP contribution is 2.19. The van der Waals surface area contributed by atoms with Crippen LogP contribution in [-0.4, -0.2) is 85.2 Å². The molecule has 3 rings (SSSR count). The Labute approximate surface area is 166 Å². The third kappa shape index (κ3) is 5.11. The average molecular weight is 392 g/mol. The van der Waals surface area contributed by atoms with Gasteiger partial charge in [-0.2, -0.15) is 0 Å². The Morgan fingerprint density at radius 1 is 1.25 bits per heavy atom. The van der Waals surface area contributed by atoms with Gasteiger partial charge in [0.25, 0.3) is 5.56 Å². The van der Waals surface area contributed by atoms with Gasteiger partial charge >= 0.3 is 0 Å². The summed E-state index contributed by atoms with van der Waals surface area (Å²) in [5, 5.41) is 0. The predicted molar refractivity (Wildman–Crippen MR) is 109 cm³/mol. The van der Waals surface area contributed by atoms with Gasteiger partial charge in [-0.25, -0.2) is 4.98 Å². The zero-order valence-corrected chi connectivity index (χ0v) is 17.4. The summed E-state index contributed by atoms with van der Waals surface area (Å²) in [5.41, 5.74) is 1.19. The average Bonchev–Trinajstić information content (AvgIpc) is 2.67. The number of hydrogen-bond donors (Lipinski definition) is 1. The first kappa shape index (κ1) is 20.8. The molecule has 1 unspecified atom stereocenters. The Balaban J connectivity index is 1.64. The van der Waals surface area contributed by atoms with E-state index in [0.717, 1.165) is 39.0 Å². The number of likely N-dealkylation sites (tertiary alicyclic amines) is 1. The fourth-order valence-corrected chi connectivity index (χ4v) is 4.13. The number of H-pyrrole nitrogens is 1. The second kappa shape index (κ2) is 9.52. The van der Waals surface area contributed by atoms with E-state index >= 15 is 0 Å². The minimum Gasteiger partial charge on any atom is -0.378 e. The monoisotopic (exact) mass is 391 g/mol. The Morgan fingerprint density at radius 3 is 2.68 bits per heavy atom. The van der Waals surface area contributed by atoms with E-state index in [1.54, 1.807) is 0 Å². The highest BCUT2D eigenvalue weighted by molar-refractivity contribution is 5.77. The molecule has 0 aliphatic carbocycles. The topological polar surface area (TPSA) is 81.8 Å². The standard InChI is InChI=1S/C20H33N5O3/c1-15-17(19(27)22-20(21-15)24-10-12-28-13-11-24)7-8-18(26)25-9-5-4-6-16(25)14-23(2)3/h16H,4-14H2,1-3H3,(H,21,22,27). The van der Waals surface area contributed by atoms with Crippen molar-refractivity contribution in [2.45, 2.75) is 45.1 Å². The number of aryl methyl sites for hydroxylation is 1. The number of amides is 1. The Morgan fingerprint density at radius 2 is 2.00 bits per heavy atom. The lowest BCUT2D eigenvalue weighted by molar-refractivity contribution is -0.135. The highest BCUT2D eigenvalue weighted by Gasteiger charge is 2.27. The number of nitrogens with one attached hydrogen (secondary N) is 1. The number of likely N-dealkylation sites (N-methyl/N-ethyl adjacent to an activating group) is 1. The number of morpholine rings is 1. The molecule has 1 aromatic rings. The lowest BCUT2D eigenvalue weighted by Gasteiger charge is -2.37. The van der Waals surface area contributed by atoms with E-state index in [1.807, 2.05) is 30.8 Å². The van der Waals surface area contributed by atoms with Crippen molar-refractivity contribution >= 4 is 11.9 Å². The molecule has 0 aromatic carbocycles. The third-order valence-electron chi connectivity index (χ3n) is 5.63. The normalized spacial score (nSPS) is 20.6. The maximum atomic E-state index is 12.9. The van der Waals surface area contributed by atoms with Crippen LogP contribution in [0.3, 0.4) is 0 Å². The number of aromatic amines is 1. The first-order chi connectivity index (χ1) is 13.5.